The first-order valence-electron chi connectivity index (χ1n) is 9.18. The Morgan fingerprint density at radius 2 is 1.96 bits per heavy atom. The summed E-state index contributed by atoms with van der Waals surface area (Å²) in [6.07, 6.45) is 6.27. The van der Waals surface area contributed by atoms with E-state index in [1.165, 1.54) is 24.8 Å². The zero-order chi connectivity index (χ0) is 18.9. The number of nitrogens with zero attached hydrogens (tertiary/aromatic N) is 1. The molecule has 0 bridgehead atoms. The minimum Gasteiger partial charge on any atom is -0.484 e. The minimum atomic E-state index is -0.320. The van der Waals surface area contributed by atoms with E-state index in [-0.39, 0.29) is 19.3 Å². The molecule has 142 valence electrons. The van der Waals surface area contributed by atoms with Crippen molar-refractivity contribution in [3.05, 3.63) is 53.6 Å². The van der Waals surface area contributed by atoms with Gasteiger partial charge in [-0.3, -0.25) is 4.79 Å². The Kier molecular flexibility index (Phi) is 6.68. The molecule has 0 fully saturated rings. The number of aryl methyl sites for hydroxylation is 1. The molecule has 0 unspecified atom stereocenters. The Morgan fingerprint density at radius 3 is 2.78 bits per heavy atom. The van der Waals surface area contributed by atoms with Crippen LogP contribution in [0.15, 0.2) is 47.6 Å². The summed E-state index contributed by atoms with van der Waals surface area (Å²) >= 11 is 0. The molecule has 1 aliphatic rings. The molecule has 1 amide bonds. The van der Waals surface area contributed by atoms with Gasteiger partial charge in [-0.15, -0.1) is 0 Å². The summed E-state index contributed by atoms with van der Waals surface area (Å²) < 4.78 is 16.0. The van der Waals surface area contributed by atoms with E-state index in [4.69, 9.17) is 14.2 Å². The molecule has 0 saturated heterocycles. The number of nitrogens with one attached hydrogen (secondary N) is 1. The number of hydrogen-bond acceptors (Lipinski definition) is 5. The second kappa shape index (κ2) is 9.62. The van der Waals surface area contributed by atoms with Crippen LogP contribution < -0.4 is 19.6 Å². The predicted octanol–water partition coefficient (Wildman–Crippen LogP) is 3.68. The average molecular weight is 368 g/mol. The van der Waals surface area contributed by atoms with Gasteiger partial charge in [0.15, 0.2) is 18.1 Å². The summed E-state index contributed by atoms with van der Waals surface area (Å²) in [4.78, 5) is 11.8. The van der Waals surface area contributed by atoms with Crippen LogP contribution >= 0.6 is 0 Å². The molecule has 0 spiro atoms. The number of unbranched alkanes of at least 4 members (excludes halogenated alkanes) is 2. The lowest BCUT2D eigenvalue weighted by molar-refractivity contribution is -0.123. The maximum Gasteiger partial charge on any atom is 0.277 e. The number of benzene rings is 2. The third-order valence-electron chi connectivity index (χ3n) is 4.16. The van der Waals surface area contributed by atoms with Crippen molar-refractivity contribution in [3.63, 3.8) is 0 Å². The van der Waals surface area contributed by atoms with Gasteiger partial charge in [0.25, 0.3) is 5.91 Å². The smallest absolute Gasteiger partial charge is 0.277 e. The Bertz CT molecular complexity index is 787. The lowest BCUT2D eigenvalue weighted by atomic mass is 10.1. The molecule has 0 radical (unpaired) electrons. The molecule has 6 nitrogen and oxygen atoms in total. The Hall–Kier alpha value is -3.02. The number of amides is 1. The molecule has 1 heterocycles. The number of ether oxygens (including phenoxy) is 3. The van der Waals surface area contributed by atoms with Crippen LogP contribution in [0.2, 0.25) is 0 Å². The zero-order valence-electron chi connectivity index (χ0n) is 15.4. The van der Waals surface area contributed by atoms with Gasteiger partial charge in [0, 0.05) is 0 Å². The van der Waals surface area contributed by atoms with E-state index in [1.54, 1.807) is 18.3 Å². The van der Waals surface area contributed by atoms with Crippen molar-refractivity contribution in [2.24, 2.45) is 5.10 Å². The number of hydrogen-bond donors (Lipinski definition) is 1. The van der Waals surface area contributed by atoms with Crippen molar-refractivity contribution in [1.82, 2.24) is 5.43 Å². The van der Waals surface area contributed by atoms with E-state index in [0.717, 1.165) is 12.0 Å². The summed E-state index contributed by atoms with van der Waals surface area (Å²) in [6, 6.07) is 13.3. The first-order chi connectivity index (χ1) is 13.2. The molecule has 0 aliphatic carbocycles. The van der Waals surface area contributed by atoms with Gasteiger partial charge in [-0.1, -0.05) is 31.9 Å². The topological polar surface area (TPSA) is 69.2 Å². The van der Waals surface area contributed by atoms with Crippen LogP contribution in [0, 0.1) is 0 Å². The van der Waals surface area contributed by atoms with Crippen LogP contribution in [0.5, 0.6) is 17.2 Å². The van der Waals surface area contributed by atoms with Gasteiger partial charge >= 0.3 is 0 Å². The third-order valence-corrected chi connectivity index (χ3v) is 4.16. The molecular formula is C21H24N2O4. The van der Waals surface area contributed by atoms with E-state index in [0.29, 0.717) is 17.2 Å². The van der Waals surface area contributed by atoms with E-state index in [9.17, 15) is 4.79 Å². The maximum atomic E-state index is 11.8. The van der Waals surface area contributed by atoms with Crippen molar-refractivity contribution in [1.29, 1.82) is 0 Å². The Morgan fingerprint density at radius 1 is 1.15 bits per heavy atom. The van der Waals surface area contributed by atoms with Gasteiger partial charge in [0.05, 0.1) is 6.21 Å². The molecule has 0 atom stereocenters. The molecule has 3 rings (SSSR count). The van der Waals surface area contributed by atoms with Gasteiger partial charge < -0.3 is 14.2 Å². The van der Waals surface area contributed by atoms with Gasteiger partial charge in [-0.05, 0) is 54.3 Å². The molecule has 0 saturated carbocycles. The fourth-order valence-corrected chi connectivity index (χ4v) is 2.68. The van der Waals surface area contributed by atoms with Crippen LogP contribution in [-0.2, 0) is 11.2 Å². The van der Waals surface area contributed by atoms with Crippen molar-refractivity contribution in [2.75, 3.05) is 13.4 Å². The molecular weight excluding hydrogens is 344 g/mol. The molecule has 6 heteroatoms. The van der Waals surface area contributed by atoms with Gasteiger partial charge in [0.2, 0.25) is 6.79 Å². The zero-order valence-corrected chi connectivity index (χ0v) is 15.4. The summed E-state index contributed by atoms with van der Waals surface area (Å²) in [5.41, 5.74) is 4.54. The van der Waals surface area contributed by atoms with Gasteiger partial charge in [-0.25, -0.2) is 5.43 Å². The van der Waals surface area contributed by atoms with Crippen molar-refractivity contribution >= 4 is 12.1 Å². The number of carbonyl (C=O) groups excluding carboxylic acids is 1. The molecule has 2 aromatic rings. The second-order valence-corrected chi connectivity index (χ2v) is 6.30. The number of hydrazone groups is 1. The number of rotatable bonds is 9. The fraction of sp³-hybridized carbons (Fsp3) is 0.333. The molecule has 0 aromatic heterocycles. The highest BCUT2D eigenvalue weighted by atomic mass is 16.7. The maximum absolute atomic E-state index is 11.8. The summed E-state index contributed by atoms with van der Waals surface area (Å²) in [6.45, 7) is 2.33. The lowest BCUT2D eigenvalue weighted by Crippen LogP contribution is -2.24. The molecule has 2 aromatic carbocycles. The van der Waals surface area contributed by atoms with Crippen LogP contribution in [0.4, 0.5) is 0 Å². The lowest BCUT2D eigenvalue weighted by Gasteiger charge is -2.06. The highest BCUT2D eigenvalue weighted by Gasteiger charge is 2.12. The fourth-order valence-electron chi connectivity index (χ4n) is 2.68. The summed E-state index contributed by atoms with van der Waals surface area (Å²) in [7, 11) is 0. The van der Waals surface area contributed by atoms with Crippen LogP contribution in [-0.4, -0.2) is 25.5 Å². The van der Waals surface area contributed by atoms with E-state index >= 15 is 0 Å². The predicted molar refractivity (Wildman–Crippen MR) is 103 cm³/mol. The van der Waals surface area contributed by atoms with E-state index < -0.39 is 0 Å². The molecule has 27 heavy (non-hydrogen) atoms. The highest BCUT2D eigenvalue weighted by Crippen LogP contribution is 2.31. The van der Waals surface area contributed by atoms with E-state index in [2.05, 4.69) is 17.5 Å². The van der Waals surface area contributed by atoms with Crippen LogP contribution in [0.1, 0.15) is 37.3 Å². The number of fused-ring (bicyclic) bond motifs is 1. The van der Waals surface area contributed by atoms with E-state index in [1.807, 2.05) is 30.3 Å². The highest BCUT2D eigenvalue weighted by molar-refractivity contribution is 5.83. The average Bonchev–Trinajstić information content (AvgIpc) is 3.15. The normalized spacial score (nSPS) is 12.3. The Balaban J connectivity index is 1.40. The van der Waals surface area contributed by atoms with Gasteiger partial charge in [-0.2, -0.15) is 5.10 Å². The second-order valence-electron chi connectivity index (χ2n) is 6.30. The van der Waals surface area contributed by atoms with Crippen molar-refractivity contribution in [2.45, 2.75) is 32.6 Å². The van der Waals surface area contributed by atoms with Crippen molar-refractivity contribution in [3.8, 4) is 17.2 Å². The van der Waals surface area contributed by atoms with Crippen LogP contribution in [0.3, 0.4) is 0 Å². The first kappa shape index (κ1) is 18.8. The molecule has 1 N–H and O–H groups in total. The standard InChI is InChI=1S/C21H24N2O4/c1-2-3-4-5-16-6-9-18(10-7-16)25-14-21(24)23-22-13-17-8-11-19-20(12-17)27-15-26-19/h6-13H,2-5,14-15H2,1H3,(H,23,24). The largest absolute Gasteiger partial charge is 0.484 e. The quantitative estimate of drug-likeness (QED) is 0.416. The third kappa shape index (κ3) is 5.74. The van der Waals surface area contributed by atoms with Crippen LogP contribution in [0.25, 0.3) is 0 Å². The summed E-state index contributed by atoms with van der Waals surface area (Å²) in [5, 5.41) is 3.93. The monoisotopic (exact) mass is 368 g/mol. The SMILES string of the molecule is CCCCCc1ccc(OCC(=O)NN=Cc2ccc3c(c2)OCO3)cc1. The number of carbonyl (C=O) groups is 1. The van der Waals surface area contributed by atoms with Crippen molar-refractivity contribution < 1.29 is 19.0 Å². The minimum absolute atomic E-state index is 0.0896. The van der Waals surface area contributed by atoms with Gasteiger partial charge in [0.1, 0.15) is 5.75 Å². The Labute approximate surface area is 159 Å². The first-order valence-corrected chi connectivity index (χ1v) is 9.18. The molecule has 1 aliphatic heterocycles. The summed E-state index contributed by atoms with van der Waals surface area (Å²) in [5.74, 6) is 1.73.